The van der Waals surface area contributed by atoms with Gasteiger partial charge >= 0.3 is 0 Å². The van der Waals surface area contributed by atoms with Crippen molar-refractivity contribution >= 4 is 6.71 Å². The van der Waals surface area contributed by atoms with E-state index in [1.54, 1.807) is 51.4 Å². The smallest absolute Gasteiger partial charge is 0.0297 e. The Morgan fingerprint density at radius 2 is 1.47 bits per heavy atom. The molecule has 2 saturated heterocycles. The van der Waals surface area contributed by atoms with Gasteiger partial charge in [0, 0.05) is 0 Å². The summed E-state index contributed by atoms with van der Waals surface area (Å²) >= 11 is 0. The van der Waals surface area contributed by atoms with Crippen molar-refractivity contribution in [3.8, 4) is 0 Å². The summed E-state index contributed by atoms with van der Waals surface area (Å²) in [5.74, 6) is 6.50. The summed E-state index contributed by atoms with van der Waals surface area (Å²) in [6, 6.07) is 0. The lowest BCUT2D eigenvalue weighted by Gasteiger charge is -2.69. The third-order valence-electron chi connectivity index (χ3n) is 8.30. The van der Waals surface area contributed by atoms with E-state index in [4.69, 9.17) is 0 Å². The highest BCUT2D eigenvalue weighted by atomic mass is 14.6. The van der Waals surface area contributed by atoms with Gasteiger partial charge in [0.2, 0.25) is 0 Å². The third-order valence-corrected chi connectivity index (χ3v) is 8.30. The molecule has 0 aromatic rings. The van der Waals surface area contributed by atoms with Gasteiger partial charge in [-0.1, -0.05) is 71.6 Å². The maximum atomic E-state index is 2.62. The van der Waals surface area contributed by atoms with Crippen LogP contribution in [0.3, 0.4) is 0 Å². The van der Waals surface area contributed by atoms with Gasteiger partial charge in [-0.05, 0) is 23.7 Å². The largest absolute Gasteiger partial charge is 0.196 e. The van der Waals surface area contributed by atoms with Crippen molar-refractivity contribution in [3.05, 3.63) is 0 Å². The summed E-state index contributed by atoms with van der Waals surface area (Å²) in [7, 11) is 0. The van der Waals surface area contributed by atoms with Crippen LogP contribution in [-0.4, -0.2) is 6.71 Å². The summed E-state index contributed by atoms with van der Waals surface area (Å²) in [6.07, 6.45) is 12.5. The third kappa shape index (κ3) is 1.72. The molecule has 1 radical (unpaired) electrons. The SMILES string of the molecule is C[C@@H]1C2CC(C[C@H]1[B-]1C3CCCC1CCC3)C2(C)C. The molecule has 0 aromatic heterocycles. The number of hydrogen-bond donors (Lipinski definition) is 0. The maximum Gasteiger partial charge on any atom is -0.0297 e. The van der Waals surface area contributed by atoms with Gasteiger partial charge in [-0.25, -0.2) is 0 Å². The second kappa shape index (κ2) is 4.28. The van der Waals surface area contributed by atoms with Gasteiger partial charge in [0.25, 0.3) is 0 Å². The Kier molecular flexibility index (Phi) is 2.88. The van der Waals surface area contributed by atoms with E-state index in [-0.39, 0.29) is 0 Å². The Bertz CT molecular complexity index is 339. The lowest BCUT2D eigenvalue weighted by Crippen LogP contribution is -2.57. The van der Waals surface area contributed by atoms with Crippen LogP contribution in [0.1, 0.15) is 72.1 Å². The molecule has 5 fully saturated rings. The van der Waals surface area contributed by atoms with Crippen molar-refractivity contribution in [2.24, 2.45) is 23.2 Å². The van der Waals surface area contributed by atoms with E-state index in [1.807, 2.05) is 0 Å². The predicted octanol–water partition coefficient (Wildman–Crippen LogP) is 5.66. The minimum absolute atomic E-state index is 0.680. The number of hydrogen-bond acceptors (Lipinski definition) is 0. The summed E-state index contributed by atoms with van der Waals surface area (Å²) < 4.78 is 0. The van der Waals surface area contributed by atoms with Crippen molar-refractivity contribution in [1.29, 1.82) is 0 Å². The Balaban J connectivity index is 1.57. The minimum atomic E-state index is 0.680. The van der Waals surface area contributed by atoms with Crippen molar-refractivity contribution in [3.63, 3.8) is 0 Å². The normalized spacial score (nSPS) is 52.6. The van der Waals surface area contributed by atoms with E-state index in [1.165, 1.54) is 0 Å². The van der Waals surface area contributed by atoms with Gasteiger partial charge in [-0.15, -0.1) is 6.71 Å². The molecule has 0 amide bonds. The van der Waals surface area contributed by atoms with Crippen LogP contribution < -0.4 is 0 Å². The van der Waals surface area contributed by atoms with Crippen LogP contribution in [-0.2, 0) is 0 Å². The molecule has 107 valence electrons. The molecular weight excluding hydrogens is 227 g/mol. The lowest BCUT2D eigenvalue weighted by atomic mass is 9.18. The van der Waals surface area contributed by atoms with Crippen molar-refractivity contribution in [1.82, 2.24) is 0 Å². The first-order valence-electron chi connectivity index (χ1n) is 9.09. The van der Waals surface area contributed by atoms with E-state index < -0.39 is 0 Å². The van der Waals surface area contributed by atoms with E-state index in [0.717, 1.165) is 41.9 Å². The van der Waals surface area contributed by atoms with Crippen LogP contribution in [0.15, 0.2) is 0 Å². The molecule has 4 bridgehead atoms. The van der Waals surface area contributed by atoms with Gasteiger partial charge in [-0.2, -0.15) is 17.5 Å². The fourth-order valence-corrected chi connectivity index (χ4v) is 7.12. The van der Waals surface area contributed by atoms with Crippen molar-refractivity contribution in [2.75, 3.05) is 0 Å². The van der Waals surface area contributed by atoms with Crippen LogP contribution in [0.5, 0.6) is 0 Å². The highest BCUT2D eigenvalue weighted by molar-refractivity contribution is 6.64. The highest BCUT2D eigenvalue weighted by Gasteiger charge is 2.55. The summed E-state index contributed by atoms with van der Waals surface area (Å²) in [4.78, 5) is 0. The maximum absolute atomic E-state index is 2.62. The molecular formula is C18H31B-. The second-order valence-corrected chi connectivity index (χ2v) is 9.08. The fourth-order valence-electron chi connectivity index (χ4n) is 7.12. The Hall–Kier alpha value is 0.0649. The van der Waals surface area contributed by atoms with E-state index in [0.29, 0.717) is 5.41 Å². The van der Waals surface area contributed by atoms with Gasteiger partial charge in [-0.3, -0.25) is 0 Å². The summed E-state index contributed by atoms with van der Waals surface area (Å²) in [5.41, 5.74) is 0.680. The van der Waals surface area contributed by atoms with Crippen LogP contribution in [0, 0.1) is 23.2 Å². The molecule has 19 heavy (non-hydrogen) atoms. The first-order valence-corrected chi connectivity index (χ1v) is 9.09. The predicted molar refractivity (Wildman–Crippen MR) is 83.9 cm³/mol. The zero-order valence-electron chi connectivity index (χ0n) is 13.2. The average Bonchev–Trinajstić information content (AvgIpc) is 2.37. The molecule has 2 unspecified atom stereocenters. The Morgan fingerprint density at radius 3 is 1.95 bits per heavy atom. The first-order chi connectivity index (χ1) is 9.09. The summed E-state index contributed by atoms with van der Waals surface area (Å²) in [5, 5.41) is 0. The molecule has 0 aromatic carbocycles. The van der Waals surface area contributed by atoms with Gasteiger partial charge in [0.05, 0.1) is 0 Å². The molecule has 0 nitrogen and oxygen atoms in total. The quantitative estimate of drug-likeness (QED) is 0.532. The van der Waals surface area contributed by atoms with E-state index in [2.05, 4.69) is 20.8 Å². The number of rotatable bonds is 1. The topological polar surface area (TPSA) is 0 Å². The van der Waals surface area contributed by atoms with Crippen LogP contribution in [0.25, 0.3) is 0 Å². The summed E-state index contributed by atoms with van der Waals surface area (Å²) in [6.45, 7) is 8.87. The zero-order valence-corrected chi connectivity index (χ0v) is 13.2. The molecule has 2 heterocycles. The van der Waals surface area contributed by atoms with E-state index >= 15 is 0 Å². The molecule has 4 atom stereocenters. The molecule has 0 N–H and O–H groups in total. The Labute approximate surface area is 120 Å². The molecule has 3 saturated carbocycles. The molecule has 3 aliphatic carbocycles. The fraction of sp³-hybridized carbons (Fsp3) is 1.00. The molecule has 5 aliphatic rings. The second-order valence-electron chi connectivity index (χ2n) is 9.08. The first kappa shape index (κ1) is 12.8. The highest BCUT2D eigenvalue weighted by Crippen LogP contribution is 2.67. The van der Waals surface area contributed by atoms with Crippen LogP contribution in [0.4, 0.5) is 0 Å². The van der Waals surface area contributed by atoms with Crippen molar-refractivity contribution in [2.45, 2.75) is 89.6 Å². The monoisotopic (exact) mass is 258 g/mol. The van der Waals surface area contributed by atoms with Gasteiger partial charge in [0.15, 0.2) is 0 Å². The van der Waals surface area contributed by atoms with Crippen molar-refractivity contribution < 1.29 is 0 Å². The van der Waals surface area contributed by atoms with Crippen LogP contribution in [0.2, 0.25) is 17.5 Å². The standard InChI is InChI=1S/C18H31B/c1-12-16-10-13(18(16,2)3)11-17(12)19-14-6-4-7-15(19)9-5-8-14/h12-17H,4-11H2,1-3H3/q-1/t12-,13?,14?,15?,16?,17-/m1/s1. The molecule has 0 spiro atoms. The zero-order chi connectivity index (χ0) is 13.2. The van der Waals surface area contributed by atoms with Gasteiger partial charge in [0.1, 0.15) is 0 Å². The van der Waals surface area contributed by atoms with Crippen LogP contribution >= 0.6 is 0 Å². The number of fused-ring (bicyclic) bond motifs is 5. The lowest BCUT2D eigenvalue weighted by molar-refractivity contribution is -0.0998. The van der Waals surface area contributed by atoms with E-state index in [9.17, 15) is 0 Å². The molecule has 1 heteroatoms. The Morgan fingerprint density at radius 1 is 0.895 bits per heavy atom. The minimum Gasteiger partial charge on any atom is -0.196 e. The average molecular weight is 258 g/mol. The molecule has 5 rings (SSSR count). The molecule has 2 aliphatic heterocycles. The van der Waals surface area contributed by atoms with Gasteiger partial charge < -0.3 is 0 Å².